The van der Waals surface area contributed by atoms with Crippen LogP contribution in [0.1, 0.15) is 25.3 Å². The SMILES string of the molecule is COc1ccc(-c2nncnc2N)cc1C(C)C. The van der Waals surface area contributed by atoms with Crippen molar-refractivity contribution in [2.24, 2.45) is 0 Å². The van der Waals surface area contributed by atoms with Crippen LogP contribution in [-0.2, 0) is 0 Å². The van der Waals surface area contributed by atoms with Crippen LogP contribution in [0.3, 0.4) is 0 Å². The smallest absolute Gasteiger partial charge is 0.153 e. The third kappa shape index (κ3) is 2.25. The highest BCUT2D eigenvalue weighted by Crippen LogP contribution is 2.31. The molecular formula is C13H16N4O. The van der Waals surface area contributed by atoms with Gasteiger partial charge in [0, 0.05) is 5.56 Å². The van der Waals surface area contributed by atoms with E-state index in [1.54, 1.807) is 7.11 Å². The number of ether oxygens (including phenoxy) is 1. The normalized spacial score (nSPS) is 10.7. The highest BCUT2D eigenvalue weighted by molar-refractivity contribution is 5.70. The summed E-state index contributed by atoms with van der Waals surface area (Å²) in [6.45, 7) is 4.22. The third-order valence-electron chi connectivity index (χ3n) is 2.77. The number of methoxy groups -OCH3 is 1. The fourth-order valence-electron chi connectivity index (χ4n) is 1.82. The van der Waals surface area contributed by atoms with Crippen molar-refractivity contribution in [3.8, 4) is 17.0 Å². The van der Waals surface area contributed by atoms with Crippen molar-refractivity contribution < 1.29 is 4.74 Å². The second-order valence-corrected chi connectivity index (χ2v) is 4.31. The number of aromatic nitrogens is 3. The summed E-state index contributed by atoms with van der Waals surface area (Å²) in [5.41, 5.74) is 8.42. The summed E-state index contributed by atoms with van der Waals surface area (Å²) in [4.78, 5) is 3.95. The largest absolute Gasteiger partial charge is 0.496 e. The van der Waals surface area contributed by atoms with Crippen LogP contribution >= 0.6 is 0 Å². The first-order chi connectivity index (χ1) is 8.63. The Labute approximate surface area is 106 Å². The lowest BCUT2D eigenvalue weighted by molar-refractivity contribution is 0.407. The molecule has 0 aliphatic heterocycles. The number of nitrogens with zero attached hydrogens (tertiary/aromatic N) is 3. The number of hydrogen-bond acceptors (Lipinski definition) is 5. The predicted molar refractivity (Wildman–Crippen MR) is 70.3 cm³/mol. The summed E-state index contributed by atoms with van der Waals surface area (Å²) in [5.74, 6) is 1.60. The lowest BCUT2D eigenvalue weighted by atomic mass is 9.98. The third-order valence-corrected chi connectivity index (χ3v) is 2.77. The minimum Gasteiger partial charge on any atom is -0.496 e. The second kappa shape index (κ2) is 5.00. The van der Waals surface area contributed by atoms with Gasteiger partial charge in [0.05, 0.1) is 7.11 Å². The minimum atomic E-state index is 0.353. The molecule has 0 atom stereocenters. The van der Waals surface area contributed by atoms with Gasteiger partial charge in [-0.25, -0.2) is 4.98 Å². The number of hydrogen-bond donors (Lipinski definition) is 1. The number of anilines is 1. The van der Waals surface area contributed by atoms with Crippen molar-refractivity contribution in [3.63, 3.8) is 0 Å². The van der Waals surface area contributed by atoms with Crippen molar-refractivity contribution in [3.05, 3.63) is 30.1 Å². The number of benzene rings is 1. The molecule has 18 heavy (non-hydrogen) atoms. The number of nitrogen functional groups attached to an aromatic ring is 1. The monoisotopic (exact) mass is 244 g/mol. The summed E-state index contributed by atoms with van der Waals surface area (Å²) < 4.78 is 5.34. The van der Waals surface area contributed by atoms with Crippen LogP contribution in [-0.4, -0.2) is 22.3 Å². The van der Waals surface area contributed by atoms with Crippen LogP contribution in [0.2, 0.25) is 0 Å². The molecule has 2 aromatic rings. The van der Waals surface area contributed by atoms with Crippen LogP contribution in [0.15, 0.2) is 24.5 Å². The molecular weight excluding hydrogens is 228 g/mol. The molecule has 0 saturated heterocycles. The van der Waals surface area contributed by atoms with Gasteiger partial charge in [0.1, 0.15) is 17.8 Å². The van der Waals surface area contributed by atoms with Crippen LogP contribution in [0.4, 0.5) is 5.82 Å². The topological polar surface area (TPSA) is 73.9 Å². The molecule has 0 unspecified atom stereocenters. The molecule has 0 aliphatic carbocycles. The van der Waals surface area contributed by atoms with E-state index in [0.29, 0.717) is 17.4 Å². The van der Waals surface area contributed by atoms with E-state index in [1.165, 1.54) is 6.33 Å². The van der Waals surface area contributed by atoms with E-state index in [2.05, 4.69) is 29.0 Å². The minimum absolute atomic E-state index is 0.353. The Morgan fingerprint density at radius 2 is 2.06 bits per heavy atom. The molecule has 0 spiro atoms. The molecule has 1 heterocycles. The molecule has 0 saturated carbocycles. The molecule has 2 N–H and O–H groups in total. The Kier molecular flexibility index (Phi) is 3.41. The first kappa shape index (κ1) is 12.3. The molecule has 0 amide bonds. The Bertz CT molecular complexity index is 554. The van der Waals surface area contributed by atoms with E-state index in [4.69, 9.17) is 10.5 Å². The molecule has 0 fully saturated rings. The lowest BCUT2D eigenvalue weighted by Gasteiger charge is -2.13. The molecule has 5 nitrogen and oxygen atoms in total. The highest BCUT2D eigenvalue weighted by Gasteiger charge is 2.12. The molecule has 0 bridgehead atoms. The van der Waals surface area contributed by atoms with Gasteiger partial charge in [-0.2, -0.15) is 0 Å². The quantitative estimate of drug-likeness (QED) is 0.896. The van der Waals surface area contributed by atoms with Gasteiger partial charge in [-0.1, -0.05) is 13.8 Å². The van der Waals surface area contributed by atoms with E-state index in [9.17, 15) is 0 Å². The van der Waals surface area contributed by atoms with Gasteiger partial charge >= 0.3 is 0 Å². The summed E-state index contributed by atoms with van der Waals surface area (Å²) in [7, 11) is 1.67. The van der Waals surface area contributed by atoms with E-state index >= 15 is 0 Å². The van der Waals surface area contributed by atoms with Crippen molar-refractivity contribution in [1.29, 1.82) is 0 Å². The zero-order chi connectivity index (χ0) is 13.1. The van der Waals surface area contributed by atoms with Crippen LogP contribution in [0.5, 0.6) is 5.75 Å². The molecule has 1 aromatic heterocycles. The summed E-state index contributed by atoms with van der Waals surface area (Å²) in [6.07, 6.45) is 1.34. The van der Waals surface area contributed by atoms with Crippen molar-refractivity contribution in [2.75, 3.05) is 12.8 Å². The average Bonchev–Trinajstić information content (AvgIpc) is 2.38. The van der Waals surface area contributed by atoms with Crippen molar-refractivity contribution in [1.82, 2.24) is 15.2 Å². The fourth-order valence-corrected chi connectivity index (χ4v) is 1.82. The van der Waals surface area contributed by atoms with Crippen molar-refractivity contribution in [2.45, 2.75) is 19.8 Å². The van der Waals surface area contributed by atoms with Gasteiger partial charge in [-0.05, 0) is 29.7 Å². The Morgan fingerprint density at radius 3 is 2.67 bits per heavy atom. The van der Waals surface area contributed by atoms with Crippen LogP contribution in [0, 0.1) is 0 Å². The van der Waals surface area contributed by atoms with Gasteiger partial charge in [0.25, 0.3) is 0 Å². The maximum atomic E-state index is 5.80. The standard InChI is InChI=1S/C13H16N4O/c1-8(2)10-6-9(4-5-11(10)18-3)12-13(14)15-7-16-17-12/h4-8H,1-3H3,(H2,14,15,16). The van der Waals surface area contributed by atoms with E-state index in [-0.39, 0.29) is 0 Å². The van der Waals surface area contributed by atoms with E-state index in [0.717, 1.165) is 16.9 Å². The summed E-state index contributed by atoms with van der Waals surface area (Å²) in [5, 5.41) is 7.79. The molecule has 2 rings (SSSR count). The van der Waals surface area contributed by atoms with E-state index < -0.39 is 0 Å². The highest BCUT2D eigenvalue weighted by atomic mass is 16.5. The van der Waals surface area contributed by atoms with Crippen LogP contribution < -0.4 is 10.5 Å². The lowest BCUT2D eigenvalue weighted by Crippen LogP contribution is -2.00. The fraction of sp³-hybridized carbons (Fsp3) is 0.308. The molecule has 5 heteroatoms. The van der Waals surface area contributed by atoms with Gasteiger partial charge in [-0.3, -0.25) is 0 Å². The first-order valence-electron chi connectivity index (χ1n) is 5.75. The number of nitrogens with two attached hydrogens (primary N) is 1. The Morgan fingerprint density at radius 1 is 1.28 bits per heavy atom. The second-order valence-electron chi connectivity index (χ2n) is 4.31. The summed E-state index contributed by atoms with van der Waals surface area (Å²) in [6, 6.07) is 5.84. The zero-order valence-electron chi connectivity index (χ0n) is 10.7. The van der Waals surface area contributed by atoms with Gasteiger partial charge in [0.15, 0.2) is 5.82 Å². The van der Waals surface area contributed by atoms with E-state index in [1.807, 2.05) is 18.2 Å². The van der Waals surface area contributed by atoms with Gasteiger partial charge in [0.2, 0.25) is 0 Å². The zero-order valence-corrected chi connectivity index (χ0v) is 10.7. The average molecular weight is 244 g/mol. The molecule has 0 aliphatic rings. The summed E-state index contributed by atoms with van der Waals surface area (Å²) >= 11 is 0. The predicted octanol–water partition coefficient (Wildman–Crippen LogP) is 2.25. The Balaban J connectivity index is 2.54. The maximum absolute atomic E-state index is 5.80. The molecule has 1 aromatic carbocycles. The number of rotatable bonds is 3. The molecule has 94 valence electrons. The van der Waals surface area contributed by atoms with Gasteiger partial charge in [-0.15, -0.1) is 10.2 Å². The van der Waals surface area contributed by atoms with Gasteiger partial charge < -0.3 is 10.5 Å². The molecule has 0 radical (unpaired) electrons. The maximum Gasteiger partial charge on any atom is 0.153 e. The first-order valence-corrected chi connectivity index (χ1v) is 5.75. The Hall–Kier alpha value is -2.17. The van der Waals surface area contributed by atoms with Crippen LogP contribution in [0.25, 0.3) is 11.3 Å². The van der Waals surface area contributed by atoms with Crippen molar-refractivity contribution >= 4 is 5.82 Å².